The van der Waals surface area contributed by atoms with E-state index < -0.39 is 10.0 Å². The van der Waals surface area contributed by atoms with E-state index in [4.69, 9.17) is 0 Å². The smallest absolute Gasteiger partial charge is 0.243 e. The van der Waals surface area contributed by atoms with Gasteiger partial charge in [0.1, 0.15) is 0 Å². The predicted octanol–water partition coefficient (Wildman–Crippen LogP) is 1.37. The molecule has 1 aromatic rings. The van der Waals surface area contributed by atoms with Gasteiger partial charge in [-0.3, -0.25) is 0 Å². The molecule has 0 heterocycles. The maximum absolute atomic E-state index is 12.6. The van der Waals surface area contributed by atoms with Gasteiger partial charge < -0.3 is 10.0 Å². The summed E-state index contributed by atoms with van der Waals surface area (Å²) in [5, 5.41) is 9.33. The Labute approximate surface area is 128 Å². The highest BCUT2D eigenvalue weighted by Crippen LogP contribution is 2.23. The summed E-state index contributed by atoms with van der Waals surface area (Å²) in [5.74, 6) is 0. The Kier molecular flexibility index (Phi) is 6.34. The van der Waals surface area contributed by atoms with E-state index in [0.29, 0.717) is 17.7 Å². The van der Waals surface area contributed by atoms with Crippen molar-refractivity contribution >= 4 is 10.0 Å². The molecule has 0 aromatic heterocycles. The monoisotopic (exact) mass is 314 g/mol. The minimum absolute atomic E-state index is 0.154. The lowest BCUT2D eigenvalue weighted by atomic mass is 10.1. The van der Waals surface area contributed by atoms with E-state index in [2.05, 4.69) is 0 Å². The summed E-state index contributed by atoms with van der Waals surface area (Å²) in [6, 6.07) is 3.40. The van der Waals surface area contributed by atoms with Gasteiger partial charge in [-0.2, -0.15) is 0 Å². The van der Waals surface area contributed by atoms with Gasteiger partial charge in [0.25, 0.3) is 0 Å². The van der Waals surface area contributed by atoms with Crippen LogP contribution in [-0.2, 0) is 16.6 Å². The first-order valence-corrected chi connectivity index (χ1v) is 8.46. The lowest BCUT2D eigenvalue weighted by Crippen LogP contribution is -2.30. The average molecular weight is 314 g/mol. The lowest BCUT2D eigenvalue weighted by molar-refractivity contribution is 0.280. The molecule has 0 aliphatic carbocycles. The zero-order chi connectivity index (χ0) is 16.2. The Hall–Kier alpha value is -0.950. The van der Waals surface area contributed by atoms with Crippen molar-refractivity contribution in [3.05, 3.63) is 28.8 Å². The number of sulfonamides is 1. The topological polar surface area (TPSA) is 60.9 Å². The SMILES string of the molecule is Cc1cc(C)c(S(=O)(=O)N(C)CCCN(C)C)cc1CO. The van der Waals surface area contributed by atoms with Crippen LogP contribution in [0.1, 0.15) is 23.1 Å². The molecule has 0 radical (unpaired) electrons. The highest BCUT2D eigenvalue weighted by Gasteiger charge is 2.23. The van der Waals surface area contributed by atoms with Crippen LogP contribution in [0, 0.1) is 13.8 Å². The van der Waals surface area contributed by atoms with Crippen molar-refractivity contribution in [3.63, 3.8) is 0 Å². The van der Waals surface area contributed by atoms with Gasteiger partial charge in [0, 0.05) is 13.6 Å². The van der Waals surface area contributed by atoms with Crippen LogP contribution in [0.5, 0.6) is 0 Å². The molecule has 6 heteroatoms. The number of rotatable bonds is 7. The number of hydrogen-bond acceptors (Lipinski definition) is 4. The molecular weight excluding hydrogens is 288 g/mol. The van der Waals surface area contributed by atoms with Crippen molar-refractivity contribution in [1.82, 2.24) is 9.21 Å². The van der Waals surface area contributed by atoms with Crippen LogP contribution in [0.4, 0.5) is 0 Å². The van der Waals surface area contributed by atoms with Crippen LogP contribution in [0.3, 0.4) is 0 Å². The van der Waals surface area contributed by atoms with Crippen molar-refractivity contribution < 1.29 is 13.5 Å². The first-order chi connectivity index (χ1) is 9.70. The summed E-state index contributed by atoms with van der Waals surface area (Å²) in [7, 11) is 2.02. The second-order valence-corrected chi connectivity index (χ2v) is 7.70. The zero-order valence-electron chi connectivity index (χ0n) is 13.5. The molecule has 1 aromatic carbocycles. The van der Waals surface area contributed by atoms with Gasteiger partial charge in [0.2, 0.25) is 10.0 Å². The third-order valence-corrected chi connectivity index (χ3v) is 5.57. The number of benzene rings is 1. The fourth-order valence-corrected chi connectivity index (χ4v) is 3.68. The molecule has 0 amide bonds. The van der Waals surface area contributed by atoms with Crippen molar-refractivity contribution in [1.29, 1.82) is 0 Å². The predicted molar refractivity (Wildman–Crippen MR) is 84.8 cm³/mol. The van der Waals surface area contributed by atoms with Crippen molar-refractivity contribution in [3.8, 4) is 0 Å². The highest BCUT2D eigenvalue weighted by molar-refractivity contribution is 7.89. The van der Waals surface area contributed by atoms with Crippen LogP contribution in [-0.4, -0.2) is 57.0 Å². The van der Waals surface area contributed by atoms with Gasteiger partial charge in [-0.05, 0) is 63.7 Å². The number of nitrogens with zero attached hydrogens (tertiary/aromatic N) is 2. The van der Waals surface area contributed by atoms with Gasteiger partial charge in [0.05, 0.1) is 11.5 Å². The van der Waals surface area contributed by atoms with Gasteiger partial charge in [-0.25, -0.2) is 12.7 Å². The standard InChI is InChI=1S/C15H26N2O3S/c1-12-9-13(2)15(10-14(12)11-18)21(19,20)17(5)8-6-7-16(3)4/h9-10,18H,6-8,11H2,1-5H3. The summed E-state index contributed by atoms with van der Waals surface area (Å²) in [6.07, 6.45) is 0.778. The summed E-state index contributed by atoms with van der Waals surface area (Å²) in [6.45, 7) is 4.82. The van der Waals surface area contributed by atoms with E-state index in [1.54, 1.807) is 20.0 Å². The fraction of sp³-hybridized carbons (Fsp3) is 0.600. The molecule has 0 unspecified atom stereocenters. The maximum atomic E-state index is 12.6. The van der Waals surface area contributed by atoms with E-state index in [1.165, 1.54) is 4.31 Å². The molecule has 0 spiro atoms. The van der Waals surface area contributed by atoms with E-state index >= 15 is 0 Å². The normalized spacial score (nSPS) is 12.4. The minimum atomic E-state index is -3.51. The molecule has 21 heavy (non-hydrogen) atoms. The van der Waals surface area contributed by atoms with E-state index in [0.717, 1.165) is 18.5 Å². The lowest BCUT2D eigenvalue weighted by Gasteiger charge is -2.20. The van der Waals surface area contributed by atoms with Crippen LogP contribution in [0.2, 0.25) is 0 Å². The van der Waals surface area contributed by atoms with Crippen LogP contribution in [0.15, 0.2) is 17.0 Å². The number of aryl methyl sites for hydroxylation is 2. The van der Waals surface area contributed by atoms with Crippen LogP contribution in [0.25, 0.3) is 0 Å². The molecule has 0 atom stereocenters. The summed E-state index contributed by atoms with van der Waals surface area (Å²) < 4.78 is 26.7. The molecule has 0 saturated heterocycles. The Bertz CT molecular complexity index is 583. The van der Waals surface area contributed by atoms with Gasteiger partial charge >= 0.3 is 0 Å². The quantitative estimate of drug-likeness (QED) is 0.826. The third-order valence-electron chi connectivity index (χ3n) is 3.57. The van der Waals surface area contributed by atoms with E-state index in [1.807, 2.05) is 32.0 Å². The molecule has 1 N–H and O–H groups in total. The van der Waals surface area contributed by atoms with Gasteiger partial charge in [0.15, 0.2) is 0 Å². The first-order valence-electron chi connectivity index (χ1n) is 7.02. The number of aliphatic hydroxyl groups is 1. The second kappa shape index (κ2) is 7.35. The van der Waals surface area contributed by atoms with Gasteiger partial charge in [-0.1, -0.05) is 6.07 Å². The molecule has 0 aliphatic rings. The minimum Gasteiger partial charge on any atom is -0.392 e. The van der Waals surface area contributed by atoms with E-state index in [9.17, 15) is 13.5 Å². The van der Waals surface area contributed by atoms with Gasteiger partial charge in [-0.15, -0.1) is 0 Å². The Morgan fingerprint density at radius 2 is 1.67 bits per heavy atom. The molecule has 0 aliphatic heterocycles. The molecule has 120 valence electrons. The molecular formula is C15H26N2O3S. The third kappa shape index (κ3) is 4.51. The Balaban J connectivity index is 3.02. The molecule has 5 nitrogen and oxygen atoms in total. The number of aliphatic hydroxyl groups excluding tert-OH is 1. The zero-order valence-corrected chi connectivity index (χ0v) is 14.4. The van der Waals surface area contributed by atoms with Crippen molar-refractivity contribution in [2.24, 2.45) is 0 Å². The van der Waals surface area contributed by atoms with Crippen molar-refractivity contribution in [2.45, 2.75) is 31.8 Å². The largest absolute Gasteiger partial charge is 0.392 e. The summed E-state index contributed by atoms with van der Waals surface area (Å²) >= 11 is 0. The molecule has 0 saturated carbocycles. The Morgan fingerprint density at radius 1 is 1.05 bits per heavy atom. The summed E-state index contributed by atoms with van der Waals surface area (Å²) in [4.78, 5) is 2.31. The second-order valence-electron chi connectivity index (χ2n) is 5.69. The fourth-order valence-electron chi connectivity index (χ4n) is 2.22. The van der Waals surface area contributed by atoms with Crippen molar-refractivity contribution in [2.75, 3.05) is 34.2 Å². The average Bonchev–Trinajstić information content (AvgIpc) is 2.37. The highest BCUT2D eigenvalue weighted by atomic mass is 32.2. The first kappa shape index (κ1) is 18.1. The Morgan fingerprint density at radius 3 is 2.19 bits per heavy atom. The van der Waals surface area contributed by atoms with Crippen LogP contribution >= 0.6 is 0 Å². The van der Waals surface area contributed by atoms with Crippen LogP contribution < -0.4 is 0 Å². The van der Waals surface area contributed by atoms with E-state index in [-0.39, 0.29) is 11.5 Å². The number of hydrogen-bond donors (Lipinski definition) is 1. The molecule has 0 fully saturated rings. The molecule has 0 bridgehead atoms. The maximum Gasteiger partial charge on any atom is 0.243 e. The molecule has 1 rings (SSSR count). The summed E-state index contributed by atoms with van der Waals surface area (Å²) in [5.41, 5.74) is 2.27.